The number of aliphatic hydroxyl groups is 4. The Morgan fingerprint density at radius 3 is 2.38 bits per heavy atom. The summed E-state index contributed by atoms with van der Waals surface area (Å²) in [4.78, 5) is 36.1. The zero-order chi connectivity index (χ0) is 28.4. The van der Waals surface area contributed by atoms with E-state index < -0.39 is 79.4 Å². The van der Waals surface area contributed by atoms with Crippen LogP contribution < -0.4 is 10.6 Å². The van der Waals surface area contributed by atoms with Gasteiger partial charge in [-0.15, -0.1) is 0 Å². The van der Waals surface area contributed by atoms with Gasteiger partial charge in [0.2, 0.25) is 5.91 Å². The molecule has 6 unspecified atom stereocenters. The largest absolute Gasteiger partial charge is 0.477 e. The fourth-order valence-electron chi connectivity index (χ4n) is 3.58. The third-order valence-corrected chi connectivity index (χ3v) is 5.99. The molecule has 1 fully saturated rings. The Morgan fingerprint density at radius 2 is 1.84 bits per heavy atom. The zero-order valence-corrected chi connectivity index (χ0v) is 22.0. The number of aliphatic carboxylic acids is 1. The second-order valence-corrected chi connectivity index (χ2v) is 9.98. The third-order valence-electron chi connectivity index (χ3n) is 5.99. The Morgan fingerprint density at radius 1 is 1.19 bits per heavy atom. The smallest absolute Gasteiger partial charge is 0.407 e. The van der Waals surface area contributed by atoms with Gasteiger partial charge in [0, 0.05) is 26.6 Å². The molecule has 0 aromatic rings. The molecule has 1 rings (SSSR count). The number of hydrogen-bond acceptors (Lipinski definition) is 11. The molecule has 14 nitrogen and oxygen atoms in total. The molecule has 1 aliphatic heterocycles. The summed E-state index contributed by atoms with van der Waals surface area (Å²) < 4.78 is 21.1. The first kappa shape index (κ1) is 33.0. The van der Waals surface area contributed by atoms with Crippen LogP contribution in [0.15, 0.2) is 0 Å². The van der Waals surface area contributed by atoms with Gasteiger partial charge in [-0.3, -0.25) is 4.79 Å². The molecule has 0 aromatic carbocycles. The summed E-state index contributed by atoms with van der Waals surface area (Å²) in [7, 11) is 1.01. The van der Waals surface area contributed by atoms with Gasteiger partial charge in [0.15, 0.2) is 0 Å². The number of nitrogens with one attached hydrogen (secondary N) is 2. The number of amides is 2. The van der Waals surface area contributed by atoms with Crippen LogP contribution in [0, 0.1) is 5.92 Å². The Bertz CT molecular complexity index is 749. The quantitative estimate of drug-likeness (QED) is 0.130. The van der Waals surface area contributed by atoms with Gasteiger partial charge in [-0.25, -0.2) is 9.59 Å². The Kier molecular flexibility index (Phi) is 13.1. The monoisotopic (exact) mass is 538 g/mol. The van der Waals surface area contributed by atoms with Gasteiger partial charge in [0.1, 0.15) is 24.9 Å². The maximum atomic E-state index is 12.4. The van der Waals surface area contributed by atoms with Gasteiger partial charge in [-0.2, -0.15) is 0 Å². The van der Waals surface area contributed by atoms with E-state index in [-0.39, 0.29) is 6.61 Å². The van der Waals surface area contributed by atoms with E-state index in [4.69, 9.17) is 24.1 Å². The molecule has 37 heavy (non-hydrogen) atoms. The molecule has 0 aromatic heterocycles. The van der Waals surface area contributed by atoms with E-state index >= 15 is 0 Å². The lowest BCUT2D eigenvalue weighted by atomic mass is 9.88. The molecule has 0 bridgehead atoms. The number of carbonyl (C=O) groups excluding carboxylic acids is 2. The van der Waals surface area contributed by atoms with Crippen LogP contribution in [0.1, 0.15) is 47.0 Å². The van der Waals surface area contributed by atoms with Gasteiger partial charge in [-0.05, 0) is 26.2 Å². The van der Waals surface area contributed by atoms with Crippen molar-refractivity contribution in [2.75, 3.05) is 33.5 Å². The molecule has 14 heteroatoms. The van der Waals surface area contributed by atoms with Gasteiger partial charge in [-0.1, -0.05) is 13.8 Å². The second kappa shape index (κ2) is 14.8. The molecule has 0 saturated carbocycles. The van der Waals surface area contributed by atoms with Gasteiger partial charge in [0.25, 0.3) is 5.79 Å². The lowest BCUT2D eigenvalue weighted by Crippen LogP contribution is -2.68. The minimum absolute atomic E-state index is 0.0406. The van der Waals surface area contributed by atoms with Crippen molar-refractivity contribution in [3.05, 3.63) is 0 Å². The van der Waals surface area contributed by atoms with Crippen molar-refractivity contribution in [2.24, 2.45) is 5.92 Å². The van der Waals surface area contributed by atoms with Crippen molar-refractivity contribution >= 4 is 18.0 Å². The summed E-state index contributed by atoms with van der Waals surface area (Å²) in [5.41, 5.74) is -0.508. The summed E-state index contributed by atoms with van der Waals surface area (Å²) in [6.45, 7) is 7.07. The van der Waals surface area contributed by atoms with Gasteiger partial charge in [0.05, 0.1) is 31.0 Å². The number of rotatable bonds is 15. The minimum atomic E-state index is -2.37. The molecular formula is C23H42N2O12. The number of carboxylic acids is 1. The highest BCUT2D eigenvalue weighted by Gasteiger charge is 2.55. The predicted molar refractivity (Wildman–Crippen MR) is 127 cm³/mol. The Balaban J connectivity index is 2.66. The van der Waals surface area contributed by atoms with E-state index in [1.807, 2.05) is 13.8 Å². The first-order valence-corrected chi connectivity index (χ1v) is 12.1. The van der Waals surface area contributed by atoms with Crippen molar-refractivity contribution in [3.8, 4) is 0 Å². The highest BCUT2D eigenvalue weighted by molar-refractivity contribution is 5.82. The van der Waals surface area contributed by atoms with Crippen LogP contribution in [0.4, 0.5) is 4.79 Å². The van der Waals surface area contributed by atoms with Gasteiger partial charge >= 0.3 is 12.1 Å². The number of alkyl carbamates (subject to hydrolysis) is 1. The van der Waals surface area contributed by atoms with Crippen molar-refractivity contribution < 1.29 is 58.9 Å². The molecule has 0 aliphatic carbocycles. The molecule has 0 spiro atoms. The highest BCUT2D eigenvalue weighted by atomic mass is 16.7. The molecule has 0 radical (unpaired) electrons. The van der Waals surface area contributed by atoms with E-state index in [1.54, 1.807) is 0 Å². The first-order chi connectivity index (χ1) is 17.2. The van der Waals surface area contributed by atoms with E-state index in [9.17, 15) is 34.8 Å². The molecule has 7 N–H and O–H groups in total. The van der Waals surface area contributed by atoms with Gasteiger partial charge < -0.3 is 55.1 Å². The summed E-state index contributed by atoms with van der Waals surface area (Å²) in [5.74, 6) is -4.29. The fraction of sp³-hybridized carbons (Fsp3) is 0.870. The molecule has 216 valence electrons. The third kappa shape index (κ3) is 10.3. The molecule has 2 amide bonds. The standard InChI is InChI=1S/C23H42N2O12/c1-13(2)6-8-36-22(3,4)7-9-35-21(33)24-11-16(29)25-17-14(27)10-23(34-5,20(31)32)37-19(17)18(30)15(28)12-26/h13-15,17-19,26-28,30H,6-12H2,1-5H3,(H,24,33)(H,25,29)(H,31,32). The second-order valence-electron chi connectivity index (χ2n) is 9.98. The van der Waals surface area contributed by atoms with Crippen molar-refractivity contribution in [3.63, 3.8) is 0 Å². The molecule has 6 atom stereocenters. The van der Waals surface area contributed by atoms with Crippen LogP contribution in [0.25, 0.3) is 0 Å². The predicted octanol–water partition coefficient (Wildman–Crippen LogP) is -1.28. The molecular weight excluding hydrogens is 496 g/mol. The van der Waals surface area contributed by atoms with Crippen molar-refractivity contribution in [2.45, 2.75) is 88.8 Å². The molecule has 1 aliphatic rings. The maximum Gasteiger partial charge on any atom is 0.407 e. The minimum Gasteiger partial charge on any atom is -0.477 e. The zero-order valence-electron chi connectivity index (χ0n) is 22.0. The lowest BCUT2D eigenvalue weighted by molar-refractivity contribution is -0.303. The first-order valence-electron chi connectivity index (χ1n) is 12.1. The van der Waals surface area contributed by atoms with Crippen LogP contribution in [0.3, 0.4) is 0 Å². The van der Waals surface area contributed by atoms with E-state index in [0.29, 0.717) is 18.9 Å². The summed E-state index contributed by atoms with van der Waals surface area (Å²) in [6.07, 6.45) is -7.11. The average molecular weight is 539 g/mol. The fourth-order valence-corrected chi connectivity index (χ4v) is 3.58. The van der Waals surface area contributed by atoms with Crippen LogP contribution in [0.2, 0.25) is 0 Å². The normalized spacial score (nSPS) is 25.8. The van der Waals surface area contributed by atoms with Crippen LogP contribution in [-0.2, 0) is 28.5 Å². The highest BCUT2D eigenvalue weighted by Crippen LogP contribution is 2.33. The van der Waals surface area contributed by atoms with Crippen molar-refractivity contribution in [1.29, 1.82) is 0 Å². The van der Waals surface area contributed by atoms with E-state index in [0.717, 1.165) is 13.5 Å². The number of methoxy groups -OCH3 is 1. The number of carboxylic acid groups (broad SMARTS) is 1. The maximum absolute atomic E-state index is 12.4. The number of ether oxygens (including phenoxy) is 4. The van der Waals surface area contributed by atoms with Crippen molar-refractivity contribution in [1.82, 2.24) is 10.6 Å². The average Bonchev–Trinajstić information content (AvgIpc) is 2.82. The summed E-state index contributed by atoms with van der Waals surface area (Å²) in [5, 5.41) is 54.0. The summed E-state index contributed by atoms with van der Waals surface area (Å²) in [6, 6.07) is -1.41. The number of aliphatic hydroxyl groups excluding tert-OH is 4. The Labute approximate surface area is 216 Å². The summed E-state index contributed by atoms with van der Waals surface area (Å²) >= 11 is 0. The number of carbonyl (C=O) groups is 3. The van der Waals surface area contributed by atoms with E-state index in [2.05, 4.69) is 24.5 Å². The topological polar surface area (TPSA) is 213 Å². The van der Waals surface area contributed by atoms with E-state index in [1.165, 1.54) is 0 Å². The molecule has 1 heterocycles. The lowest BCUT2D eigenvalue weighted by Gasteiger charge is -2.46. The van der Waals surface area contributed by atoms with Crippen LogP contribution in [-0.4, -0.2) is 119 Å². The Hall–Kier alpha value is -2.07. The molecule has 1 saturated heterocycles. The van der Waals surface area contributed by atoms with Crippen LogP contribution in [0.5, 0.6) is 0 Å². The SMILES string of the molecule is COC1(C(=O)O)CC(O)C(NC(=O)CNC(=O)OCCC(C)(C)OCCC(C)C)C(C(O)C(O)CO)O1. The number of hydrogen-bond donors (Lipinski definition) is 7. The van der Waals surface area contributed by atoms with Crippen LogP contribution >= 0.6 is 0 Å².